The Balaban J connectivity index is 1.35. The Hall–Kier alpha value is -2.29. The minimum absolute atomic E-state index is 0.0473. The molecule has 0 aromatic heterocycles. The zero-order valence-electron chi connectivity index (χ0n) is 13.2. The van der Waals surface area contributed by atoms with E-state index in [0.717, 1.165) is 32.2 Å². The van der Waals surface area contributed by atoms with E-state index >= 15 is 0 Å². The van der Waals surface area contributed by atoms with Gasteiger partial charge in [-0.15, -0.1) is 0 Å². The Kier molecular flexibility index (Phi) is 3.56. The van der Waals surface area contributed by atoms with Crippen molar-refractivity contribution in [2.45, 2.75) is 37.1 Å². The van der Waals surface area contributed by atoms with Gasteiger partial charge < -0.3 is 10.6 Å². The first-order valence-corrected chi connectivity index (χ1v) is 8.45. The fourth-order valence-corrected chi connectivity index (χ4v) is 3.68. The van der Waals surface area contributed by atoms with Gasteiger partial charge in [0, 0.05) is 12.0 Å². The van der Waals surface area contributed by atoms with Crippen LogP contribution in [0.2, 0.25) is 0 Å². The van der Waals surface area contributed by atoms with Crippen molar-refractivity contribution in [2.75, 3.05) is 6.54 Å². The second-order valence-electron chi connectivity index (χ2n) is 6.76. The molecule has 3 nitrogen and oxygen atoms in total. The molecule has 3 heteroatoms. The third kappa shape index (κ3) is 2.83. The molecule has 0 heterocycles. The van der Waals surface area contributed by atoms with Crippen molar-refractivity contribution in [1.82, 2.24) is 10.6 Å². The lowest BCUT2D eigenvalue weighted by Crippen LogP contribution is -2.41. The number of fused-ring (bicyclic) bond motifs is 1. The molecule has 118 valence electrons. The average molecular weight is 306 g/mol. The quantitative estimate of drug-likeness (QED) is 0.888. The van der Waals surface area contributed by atoms with Gasteiger partial charge in [-0.25, -0.2) is 4.79 Å². The molecule has 1 fully saturated rings. The molecule has 0 radical (unpaired) electrons. The Morgan fingerprint density at radius 2 is 1.78 bits per heavy atom. The monoisotopic (exact) mass is 306 g/mol. The lowest BCUT2D eigenvalue weighted by Gasteiger charge is -2.19. The summed E-state index contributed by atoms with van der Waals surface area (Å²) in [4.78, 5) is 12.3. The van der Waals surface area contributed by atoms with E-state index in [9.17, 15) is 4.79 Å². The summed E-state index contributed by atoms with van der Waals surface area (Å²) in [6, 6.07) is 19.0. The highest BCUT2D eigenvalue weighted by Gasteiger charge is 2.44. The van der Waals surface area contributed by atoms with E-state index in [4.69, 9.17) is 0 Å². The summed E-state index contributed by atoms with van der Waals surface area (Å²) < 4.78 is 0. The molecule has 0 spiro atoms. The van der Waals surface area contributed by atoms with Gasteiger partial charge in [0.2, 0.25) is 0 Å². The van der Waals surface area contributed by atoms with Crippen molar-refractivity contribution in [3.8, 4) is 0 Å². The van der Waals surface area contributed by atoms with Crippen molar-refractivity contribution in [2.24, 2.45) is 0 Å². The number of rotatable bonds is 4. The van der Waals surface area contributed by atoms with Gasteiger partial charge in [0.15, 0.2) is 0 Å². The number of nitrogens with one attached hydrogen (secondary N) is 2. The minimum Gasteiger partial charge on any atom is -0.337 e. The van der Waals surface area contributed by atoms with Crippen LogP contribution in [0.4, 0.5) is 4.79 Å². The summed E-state index contributed by atoms with van der Waals surface area (Å²) in [6.07, 6.45) is 4.36. The fourth-order valence-electron chi connectivity index (χ4n) is 3.68. The first kappa shape index (κ1) is 14.3. The van der Waals surface area contributed by atoms with E-state index in [-0.39, 0.29) is 17.5 Å². The Labute approximate surface area is 137 Å². The van der Waals surface area contributed by atoms with Crippen molar-refractivity contribution < 1.29 is 4.79 Å². The lowest BCUT2D eigenvalue weighted by atomic mass is 9.96. The molecule has 23 heavy (non-hydrogen) atoms. The highest BCUT2D eigenvalue weighted by atomic mass is 16.2. The average Bonchev–Trinajstić information content (AvgIpc) is 3.30. The standard InChI is InChI=1S/C20H22N2O/c23-19(22-18-11-10-15-6-4-5-9-17(15)18)21-14-20(12-13-20)16-7-2-1-3-8-16/h1-9,18H,10-14H2,(H2,21,22,23). The molecular weight excluding hydrogens is 284 g/mol. The summed E-state index contributed by atoms with van der Waals surface area (Å²) in [6.45, 7) is 0.719. The molecule has 0 bridgehead atoms. The predicted molar refractivity (Wildman–Crippen MR) is 91.4 cm³/mol. The molecule has 2 aliphatic rings. The Morgan fingerprint density at radius 1 is 1.04 bits per heavy atom. The molecule has 2 N–H and O–H groups in total. The maximum atomic E-state index is 12.3. The second kappa shape index (κ2) is 5.73. The fraction of sp³-hybridized carbons (Fsp3) is 0.350. The van der Waals surface area contributed by atoms with Gasteiger partial charge in [-0.3, -0.25) is 0 Å². The summed E-state index contributed by atoms with van der Waals surface area (Å²) in [5, 5.41) is 6.23. The summed E-state index contributed by atoms with van der Waals surface area (Å²) in [5.41, 5.74) is 4.13. The van der Waals surface area contributed by atoms with Crippen LogP contribution >= 0.6 is 0 Å². The molecule has 2 amide bonds. The smallest absolute Gasteiger partial charge is 0.315 e. The van der Waals surface area contributed by atoms with Crippen LogP contribution in [0, 0.1) is 0 Å². The van der Waals surface area contributed by atoms with Gasteiger partial charge in [0.05, 0.1) is 6.04 Å². The van der Waals surface area contributed by atoms with Gasteiger partial charge >= 0.3 is 6.03 Å². The van der Waals surface area contributed by atoms with Crippen LogP contribution in [0.15, 0.2) is 54.6 Å². The van der Waals surface area contributed by atoms with E-state index < -0.39 is 0 Å². The van der Waals surface area contributed by atoms with E-state index in [1.807, 2.05) is 12.1 Å². The van der Waals surface area contributed by atoms with Crippen LogP contribution in [0.3, 0.4) is 0 Å². The van der Waals surface area contributed by atoms with Crippen LogP contribution in [-0.4, -0.2) is 12.6 Å². The first-order chi connectivity index (χ1) is 11.3. The van der Waals surface area contributed by atoms with Crippen molar-refractivity contribution in [1.29, 1.82) is 0 Å². The zero-order valence-corrected chi connectivity index (χ0v) is 13.2. The van der Waals surface area contributed by atoms with E-state index in [0.29, 0.717) is 0 Å². The van der Waals surface area contributed by atoms with E-state index in [1.54, 1.807) is 0 Å². The normalized spacial score (nSPS) is 20.6. The molecule has 1 saturated carbocycles. The van der Waals surface area contributed by atoms with Crippen molar-refractivity contribution in [3.63, 3.8) is 0 Å². The van der Waals surface area contributed by atoms with Crippen LogP contribution in [-0.2, 0) is 11.8 Å². The maximum absolute atomic E-state index is 12.3. The van der Waals surface area contributed by atoms with E-state index in [1.165, 1.54) is 16.7 Å². The zero-order chi connectivity index (χ0) is 15.7. The third-order valence-electron chi connectivity index (χ3n) is 5.27. The van der Waals surface area contributed by atoms with Crippen LogP contribution < -0.4 is 10.6 Å². The topological polar surface area (TPSA) is 41.1 Å². The second-order valence-corrected chi connectivity index (χ2v) is 6.76. The SMILES string of the molecule is O=C(NCC1(c2ccccc2)CC1)NC1CCc2ccccc21. The molecule has 1 unspecified atom stereocenters. The van der Waals surface area contributed by atoms with Gasteiger partial charge in [-0.1, -0.05) is 54.6 Å². The van der Waals surface area contributed by atoms with Crippen molar-refractivity contribution in [3.05, 3.63) is 71.3 Å². The number of carbonyl (C=O) groups excluding carboxylic acids is 1. The number of amides is 2. The number of hydrogen-bond acceptors (Lipinski definition) is 1. The predicted octanol–water partition coefficient (Wildman–Crippen LogP) is 3.70. The summed E-state index contributed by atoms with van der Waals surface area (Å²) in [5.74, 6) is 0. The Bertz CT molecular complexity index is 707. The molecule has 1 atom stereocenters. The number of hydrogen-bond donors (Lipinski definition) is 2. The minimum atomic E-state index is -0.0473. The van der Waals surface area contributed by atoms with Crippen LogP contribution in [0.25, 0.3) is 0 Å². The summed E-state index contributed by atoms with van der Waals surface area (Å²) in [7, 11) is 0. The molecule has 4 rings (SSSR count). The van der Waals surface area contributed by atoms with Gasteiger partial charge in [-0.05, 0) is 42.4 Å². The molecule has 2 aromatic carbocycles. The van der Waals surface area contributed by atoms with E-state index in [2.05, 4.69) is 53.1 Å². The molecule has 2 aromatic rings. The third-order valence-corrected chi connectivity index (χ3v) is 5.27. The number of carbonyl (C=O) groups is 1. The van der Waals surface area contributed by atoms with Gasteiger partial charge in [0.25, 0.3) is 0 Å². The van der Waals surface area contributed by atoms with Gasteiger partial charge in [-0.2, -0.15) is 0 Å². The maximum Gasteiger partial charge on any atom is 0.315 e. The van der Waals surface area contributed by atoms with Crippen molar-refractivity contribution >= 4 is 6.03 Å². The largest absolute Gasteiger partial charge is 0.337 e. The summed E-state index contributed by atoms with van der Waals surface area (Å²) >= 11 is 0. The first-order valence-electron chi connectivity index (χ1n) is 8.45. The highest BCUT2D eigenvalue weighted by Crippen LogP contribution is 2.47. The van der Waals surface area contributed by atoms with Crippen LogP contribution in [0.5, 0.6) is 0 Å². The van der Waals surface area contributed by atoms with Gasteiger partial charge in [0.1, 0.15) is 0 Å². The number of aryl methyl sites for hydroxylation is 1. The molecule has 0 saturated heterocycles. The molecule has 0 aliphatic heterocycles. The highest BCUT2D eigenvalue weighted by molar-refractivity contribution is 5.75. The molecular formula is C20H22N2O. The lowest BCUT2D eigenvalue weighted by molar-refractivity contribution is 0.236. The van der Waals surface area contributed by atoms with Crippen LogP contribution in [0.1, 0.15) is 42.0 Å². The molecule has 2 aliphatic carbocycles. The number of urea groups is 1. The Morgan fingerprint density at radius 3 is 2.57 bits per heavy atom. The number of benzene rings is 2.